The summed E-state index contributed by atoms with van der Waals surface area (Å²) in [5.41, 5.74) is 3.99. The molecule has 0 spiro atoms. The number of benzene rings is 2. The van der Waals surface area contributed by atoms with Crippen LogP contribution in [0.3, 0.4) is 0 Å². The molecule has 110 valence electrons. The maximum Gasteiger partial charge on any atom is 0.109 e. The molecule has 0 aromatic heterocycles. The molecule has 0 radical (unpaired) electrons. The molecule has 0 bridgehead atoms. The molecule has 1 aliphatic heterocycles. The van der Waals surface area contributed by atoms with Gasteiger partial charge in [0, 0.05) is 17.2 Å². The van der Waals surface area contributed by atoms with Crippen molar-refractivity contribution in [2.24, 2.45) is 0 Å². The molecule has 0 aliphatic carbocycles. The highest BCUT2D eigenvalue weighted by Gasteiger charge is 2.24. The Morgan fingerprint density at radius 3 is 2.57 bits per heavy atom. The third kappa shape index (κ3) is 3.31. The molecule has 0 saturated carbocycles. The molecule has 1 aliphatic rings. The third-order valence-corrected chi connectivity index (χ3v) is 4.88. The van der Waals surface area contributed by atoms with Crippen molar-refractivity contribution in [3.8, 4) is 0 Å². The van der Waals surface area contributed by atoms with E-state index in [0.29, 0.717) is 0 Å². The van der Waals surface area contributed by atoms with Crippen molar-refractivity contribution in [3.05, 3.63) is 65.2 Å². The van der Waals surface area contributed by atoms with Crippen molar-refractivity contribution in [1.29, 1.82) is 0 Å². The highest BCUT2D eigenvalue weighted by atomic mass is 32.2. The van der Waals surface area contributed by atoms with Crippen molar-refractivity contribution in [3.63, 3.8) is 0 Å². The highest BCUT2D eigenvalue weighted by Crippen LogP contribution is 2.40. The Kier molecular flexibility index (Phi) is 4.63. The fourth-order valence-corrected chi connectivity index (χ4v) is 3.70. The summed E-state index contributed by atoms with van der Waals surface area (Å²) in [6, 6.07) is 17.3. The molecule has 2 aromatic carbocycles. The molecule has 2 nitrogen and oxygen atoms in total. The lowest BCUT2D eigenvalue weighted by Gasteiger charge is -2.21. The smallest absolute Gasteiger partial charge is 0.109 e. The number of ether oxygens (including phenoxy) is 1. The molecule has 0 saturated heterocycles. The first-order valence-electron chi connectivity index (χ1n) is 7.31. The molecule has 2 aromatic rings. The van der Waals surface area contributed by atoms with Crippen LogP contribution >= 0.6 is 11.8 Å². The van der Waals surface area contributed by atoms with Gasteiger partial charge in [0.05, 0.1) is 6.61 Å². The first-order valence-corrected chi connectivity index (χ1v) is 8.30. The van der Waals surface area contributed by atoms with E-state index in [-0.39, 0.29) is 6.10 Å². The van der Waals surface area contributed by atoms with Crippen LogP contribution in [0.15, 0.2) is 53.4 Å². The minimum Gasteiger partial charge on any atom is -0.367 e. The number of thioether (sulfide) groups is 1. The second-order valence-electron chi connectivity index (χ2n) is 5.58. The number of hydrogen-bond acceptors (Lipinski definition) is 3. The number of likely N-dealkylation sites (N-methyl/N-ethyl adjacent to an activating group) is 1. The molecule has 0 fully saturated rings. The van der Waals surface area contributed by atoms with Crippen LogP contribution < -0.4 is 0 Å². The van der Waals surface area contributed by atoms with Gasteiger partial charge >= 0.3 is 0 Å². The summed E-state index contributed by atoms with van der Waals surface area (Å²) < 4.78 is 6.27. The first-order chi connectivity index (χ1) is 10.3. The average molecular weight is 299 g/mol. The van der Waals surface area contributed by atoms with Crippen molar-refractivity contribution in [2.75, 3.05) is 27.2 Å². The van der Waals surface area contributed by atoms with Gasteiger partial charge in [-0.1, -0.05) is 42.5 Å². The summed E-state index contributed by atoms with van der Waals surface area (Å²) in [6.07, 6.45) is 0.0485. The topological polar surface area (TPSA) is 12.5 Å². The van der Waals surface area contributed by atoms with Crippen LogP contribution in [-0.2, 0) is 10.5 Å². The van der Waals surface area contributed by atoms with E-state index in [4.69, 9.17) is 4.74 Å². The predicted octanol–water partition coefficient (Wildman–Crippen LogP) is 3.96. The van der Waals surface area contributed by atoms with Crippen molar-refractivity contribution in [1.82, 2.24) is 4.90 Å². The molecular formula is C18H21NOS. The largest absolute Gasteiger partial charge is 0.367 e. The molecular weight excluding hydrogens is 278 g/mol. The molecule has 1 atom stereocenters. The van der Waals surface area contributed by atoms with Gasteiger partial charge in [0.25, 0.3) is 0 Å². The zero-order valence-corrected chi connectivity index (χ0v) is 13.4. The zero-order valence-electron chi connectivity index (χ0n) is 12.6. The Morgan fingerprint density at radius 2 is 1.76 bits per heavy atom. The Balaban J connectivity index is 1.95. The van der Waals surface area contributed by atoms with Gasteiger partial charge in [-0.25, -0.2) is 0 Å². The van der Waals surface area contributed by atoms with E-state index >= 15 is 0 Å². The molecule has 3 heteroatoms. The van der Waals surface area contributed by atoms with Gasteiger partial charge in [0.2, 0.25) is 0 Å². The summed E-state index contributed by atoms with van der Waals surface area (Å²) >= 11 is 1.91. The fourth-order valence-electron chi connectivity index (χ4n) is 2.61. The van der Waals surface area contributed by atoms with Crippen LogP contribution in [0.2, 0.25) is 0 Å². The standard InChI is InChI=1S/C18H21NOS/c1-19(2)11-12-20-18-15-8-4-3-7-14(15)13-21-17-10-6-5-9-16(17)18/h3-10,18H,11-13H2,1-2H3/t18-/m0/s1. The van der Waals surface area contributed by atoms with Crippen LogP contribution in [0.25, 0.3) is 0 Å². The van der Waals surface area contributed by atoms with Gasteiger partial charge in [-0.05, 0) is 36.9 Å². The number of nitrogens with zero attached hydrogens (tertiary/aromatic N) is 1. The summed E-state index contributed by atoms with van der Waals surface area (Å²) in [7, 11) is 4.16. The highest BCUT2D eigenvalue weighted by molar-refractivity contribution is 7.98. The minimum absolute atomic E-state index is 0.0485. The predicted molar refractivity (Wildman–Crippen MR) is 88.8 cm³/mol. The molecule has 3 rings (SSSR count). The Morgan fingerprint density at radius 1 is 1.05 bits per heavy atom. The Labute approximate surface area is 131 Å². The monoisotopic (exact) mass is 299 g/mol. The van der Waals surface area contributed by atoms with Gasteiger partial charge in [0.1, 0.15) is 6.10 Å². The van der Waals surface area contributed by atoms with E-state index in [1.807, 2.05) is 11.8 Å². The van der Waals surface area contributed by atoms with Crippen LogP contribution in [0.4, 0.5) is 0 Å². The van der Waals surface area contributed by atoms with Gasteiger partial charge < -0.3 is 9.64 Å². The van der Waals surface area contributed by atoms with Crippen LogP contribution in [0, 0.1) is 0 Å². The van der Waals surface area contributed by atoms with Crippen molar-refractivity contribution in [2.45, 2.75) is 16.8 Å². The van der Waals surface area contributed by atoms with E-state index in [1.165, 1.54) is 21.6 Å². The quantitative estimate of drug-likeness (QED) is 0.848. The van der Waals surface area contributed by atoms with E-state index in [0.717, 1.165) is 18.9 Å². The third-order valence-electron chi connectivity index (χ3n) is 3.75. The van der Waals surface area contributed by atoms with Crippen LogP contribution in [-0.4, -0.2) is 32.1 Å². The van der Waals surface area contributed by atoms with Gasteiger partial charge in [-0.3, -0.25) is 0 Å². The lowest BCUT2D eigenvalue weighted by molar-refractivity contribution is 0.0670. The average Bonchev–Trinajstić information content (AvgIpc) is 2.65. The van der Waals surface area contributed by atoms with Gasteiger partial charge in [-0.2, -0.15) is 0 Å². The lowest BCUT2D eigenvalue weighted by atomic mass is 9.97. The maximum atomic E-state index is 6.27. The molecule has 0 unspecified atom stereocenters. The fraction of sp³-hybridized carbons (Fsp3) is 0.333. The molecule has 0 N–H and O–H groups in total. The summed E-state index contributed by atoms with van der Waals surface area (Å²) in [5.74, 6) is 1.01. The Hall–Kier alpha value is -1.29. The maximum absolute atomic E-state index is 6.27. The summed E-state index contributed by atoms with van der Waals surface area (Å²) in [5, 5.41) is 0. The van der Waals surface area contributed by atoms with Crippen molar-refractivity contribution >= 4 is 11.8 Å². The molecule has 21 heavy (non-hydrogen) atoms. The first kappa shape index (κ1) is 14.6. The van der Waals surface area contributed by atoms with Crippen LogP contribution in [0.1, 0.15) is 22.8 Å². The van der Waals surface area contributed by atoms with E-state index in [2.05, 4.69) is 67.5 Å². The van der Waals surface area contributed by atoms with Gasteiger partial charge in [-0.15, -0.1) is 11.8 Å². The SMILES string of the molecule is CN(C)CCO[C@H]1c2ccccc2CSc2ccccc21. The van der Waals surface area contributed by atoms with E-state index in [9.17, 15) is 0 Å². The minimum atomic E-state index is 0.0485. The normalized spacial score (nSPS) is 17.2. The van der Waals surface area contributed by atoms with E-state index < -0.39 is 0 Å². The zero-order chi connectivity index (χ0) is 14.7. The van der Waals surface area contributed by atoms with Gasteiger partial charge in [0.15, 0.2) is 0 Å². The second kappa shape index (κ2) is 6.65. The summed E-state index contributed by atoms with van der Waals surface area (Å²) in [6.45, 7) is 1.68. The van der Waals surface area contributed by atoms with Crippen LogP contribution in [0.5, 0.6) is 0 Å². The molecule has 1 heterocycles. The number of hydrogen-bond donors (Lipinski definition) is 0. The number of rotatable bonds is 4. The Bertz CT molecular complexity index is 564. The molecule has 0 amide bonds. The lowest BCUT2D eigenvalue weighted by Crippen LogP contribution is -2.20. The van der Waals surface area contributed by atoms with E-state index in [1.54, 1.807) is 0 Å². The second-order valence-corrected chi connectivity index (χ2v) is 6.60. The van der Waals surface area contributed by atoms with Crippen molar-refractivity contribution < 1.29 is 4.74 Å². The summed E-state index contributed by atoms with van der Waals surface area (Å²) in [4.78, 5) is 3.49. The number of fused-ring (bicyclic) bond motifs is 2.